The van der Waals surface area contributed by atoms with Crippen molar-refractivity contribution in [3.8, 4) is 5.75 Å². The first-order chi connectivity index (χ1) is 12.4. The zero-order chi connectivity index (χ0) is 19.0. The van der Waals surface area contributed by atoms with Gasteiger partial charge in [-0.2, -0.15) is 0 Å². The maximum atomic E-state index is 11.4. The van der Waals surface area contributed by atoms with Gasteiger partial charge in [0.1, 0.15) is 12.4 Å². The molecule has 0 radical (unpaired) electrons. The first-order valence-electron chi connectivity index (χ1n) is 8.31. The van der Waals surface area contributed by atoms with Crippen molar-refractivity contribution in [2.24, 2.45) is 4.99 Å². The maximum Gasteiger partial charge on any atom is 0.191 e. The van der Waals surface area contributed by atoms with Crippen molar-refractivity contribution in [3.63, 3.8) is 0 Å². The Morgan fingerprint density at radius 1 is 1.11 bits per heavy atom. The fourth-order valence-corrected chi connectivity index (χ4v) is 2.98. The van der Waals surface area contributed by atoms with Crippen LogP contribution in [-0.4, -0.2) is 40.8 Å². The molecule has 2 N–H and O–H groups in total. The third-order valence-corrected chi connectivity index (χ3v) is 4.81. The summed E-state index contributed by atoms with van der Waals surface area (Å²) in [5, 5.41) is 6.43. The van der Waals surface area contributed by atoms with E-state index in [1.807, 2.05) is 6.07 Å². The zero-order valence-corrected chi connectivity index (χ0v) is 18.9. The van der Waals surface area contributed by atoms with Crippen molar-refractivity contribution in [1.29, 1.82) is 0 Å². The van der Waals surface area contributed by atoms with Gasteiger partial charge in [-0.25, -0.2) is 8.42 Å². The van der Waals surface area contributed by atoms with Gasteiger partial charge in [0.15, 0.2) is 15.8 Å². The van der Waals surface area contributed by atoms with Gasteiger partial charge in [-0.05, 0) is 36.8 Å². The number of sulfone groups is 1. The molecular formula is C19H26IN3O3S. The molecule has 0 amide bonds. The molecule has 8 heteroatoms. The number of benzene rings is 2. The summed E-state index contributed by atoms with van der Waals surface area (Å²) < 4.78 is 28.5. The molecule has 0 aromatic heterocycles. The largest absolute Gasteiger partial charge is 0.492 e. The minimum absolute atomic E-state index is 0. The number of guanidine groups is 1. The molecule has 148 valence electrons. The zero-order valence-electron chi connectivity index (χ0n) is 15.7. The lowest BCUT2D eigenvalue weighted by Gasteiger charge is -2.13. The highest BCUT2D eigenvalue weighted by atomic mass is 127. The molecule has 2 rings (SSSR count). The third-order valence-electron chi connectivity index (χ3n) is 3.68. The Hall–Kier alpha value is -1.81. The number of aliphatic imine (C=N–C) groups is 1. The van der Waals surface area contributed by atoms with E-state index < -0.39 is 9.84 Å². The van der Waals surface area contributed by atoms with E-state index >= 15 is 0 Å². The van der Waals surface area contributed by atoms with Crippen molar-refractivity contribution >= 4 is 39.8 Å². The molecule has 2 aromatic rings. The minimum atomic E-state index is -3.18. The van der Waals surface area contributed by atoms with Gasteiger partial charge in [0.25, 0.3) is 0 Å². The monoisotopic (exact) mass is 503 g/mol. The van der Waals surface area contributed by atoms with Crippen LogP contribution in [0, 0.1) is 6.92 Å². The summed E-state index contributed by atoms with van der Waals surface area (Å²) >= 11 is 0. The topological polar surface area (TPSA) is 79.8 Å². The van der Waals surface area contributed by atoms with E-state index in [0.29, 0.717) is 31.4 Å². The van der Waals surface area contributed by atoms with E-state index in [1.54, 1.807) is 31.3 Å². The molecule has 6 nitrogen and oxygen atoms in total. The highest BCUT2D eigenvalue weighted by Crippen LogP contribution is 2.15. The summed E-state index contributed by atoms with van der Waals surface area (Å²) in [4.78, 5) is 4.46. The van der Waals surface area contributed by atoms with Gasteiger partial charge in [0, 0.05) is 19.8 Å². The van der Waals surface area contributed by atoms with Crippen molar-refractivity contribution < 1.29 is 13.2 Å². The molecule has 0 spiro atoms. The van der Waals surface area contributed by atoms with Crippen molar-refractivity contribution in [3.05, 3.63) is 59.7 Å². The van der Waals surface area contributed by atoms with Crippen LogP contribution in [0.25, 0.3) is 0 Å². The van der Waals surface area contributed by atoms with Crippen LogP contribution < -0.4 is 15.4 Å². The summed E-state index contributed by atoms with van der Waals surface area (Å²) in [5.74, 6) is 1.32. The predicted molar refractivity (Wildman–Crippen MR) is 120 cm³/mol. The van der Waals surface area contributed by atoms with Crippen LogP contribution in [-0.2, 0) is 16.4 Å². The lowest BCUT2D eigenvalue weighted by Crippen LogP contribution is -2.38. The summed E-state index contributed by atoms with van der Waals surface area (Å²) in [7, 11) is -1.46. The Bertz CT molecular complexity index is 853. The van der Waals surface area contributed by atoms with Gasteiger partial charge in [-0.15, -0.1) is 24.0 Å². The molecule has 2 aromatic carbocycles. The number of rotatable bonds is 7. The van der Waals surface area contributed by atoms with Crippen LogP contribution in [0.2, 0.25) is 0 Å². The number of hydrogen-bond acceptors (Lipinski definition) is 4. The first kappa shape index (κ1) is 23.2. The highest BCUT2D eigenvalue weighted by molar-refractivity contribution is 14.0. The molecule has 27 heavy (non-hydrogen) atoms. The highest BCUT2D eigenvalue weighted by Gasteiger charge is 2.06. The van der Waals surface area contributed by atoms with Gasteiger partial charge in [-0.3, -0.25) is 4.99 Å². The molecule has 0 aliphatic heterocycles. The molecular weight excluding hydrogens is 477 g/mol. The Kier molecular flexibility index (Phi) is 9.57. The van der Waals surface area contributed by atoms with Crippen LogP contribution in [0.3, 0.4) is 0 Å². The molecule has 0 bridgehead atoms. The van der Waals surface area contributed by atoms with Crippen LogP contribution in [0.1, 0.15) is 11.1 Å². The van der Waals surface area contributed by atoms with Crippen molar-refractivity contribution in [2.45, 2.75) is 18.4 Å². The molecule has 0 fully saturated rings. The Morgan fingerprint density at radius 2 is 1.81 bits per heavy atom. The van der Waals surface area contributed by atoms with Crippen LogP contribution in [0.5, 0.6) is 5.75 Å². The van der Waals surface area contributed by atoms with Gasteiger partial charge in [-0.1, -0.05) is 29.8 Å². The average molecular weight is 503 g/mol. The van der Waals surface area contributed by atoms with E-state index in [1.165, 1.54) is 17.4 Å². The standard InChI is InChI=1S/C19H25N3O3S.HI/c1-15-5-4-6-16(13-15)14-22-19(20-2)21-11-12-25-17-7-9-18(10-8-17)26(3,23)24;/h4-10,13H,11-12,14H2,1-3H3,(H2,20,21,22);1H. The number of halogens is 1. The van der Waals surface area contributed by atoms with E-state index in [0.717, 1.165) is 0 Å². The van der Waals surface area contributed by atoms with Gasteiger partial charge in [0.2, 0.25) is 0 Å². The number of hydrogen-bond donors (Lipinski definition) is 2. The average Bonchev–Trinajstić information content (AvgIpc) is 2.61. The lowest BCUT2D eigenvalue weighted by molar-refractivity contribution is 0.321. The second kappa shape index (κ2) is 11.1. The molecule has 0 saturated heterocycles. The second-order valence-corrected chi connectivity index (χ2v) is 7.95. The molecule has 0 atom stereocenters. The smallest absolute Gasteiger partial charge is 0.191 e. The minimum Gasteiger partial charge on any atom is -0.492 e. The molecule has 0 saturated carbocycles. The first-order valence-corrected chi connectivity index (χ1v) is 10.2. The van der Waals surface area contributed by atoms with Crippen molar-refractivity contribution in [2.75, 3.05) is 26.5 Å². The van der Waals surface area contributed by atoms with Gasteiger partial charge < -0.3 is 15.4 Å². The predicted octanol–water partition coefficient (Wildman–Crippen LogP) is 2.76. The fourth-order valence-electron chi connectivity index (χ4n) is 2.35. The molecule has 0 heterocycles. The quantitative estimate of drug-likeness (QED) is 0.263. The van der Waals surface area contributed by atoms with E-state index in [9.17, 15) is 8.42 Å². The lowest BCUT2D eigenvalue weighted by atomic mass is 10.1. The number of nitrogens with one attached hydrogen (secondary N) is 2. The van der Waals surface area contributed by atoms with Gasteiger partial charge in [0.05, 0.1) is 11.4 Å². The number of nitrogens with zero attached hydrogens (tertiary/aromatic N) is 1. The van der Waals surface area contributed by atoms with Crippen LogP contribution in [0.4, 0.5) is 0 Å². The Balaban J connectivity index is 0.00000364. The van der Waals surface area contributed by atoms with E-state index in [-0.39, 0.29) is 28.9 Å². The molecule has 0 aliphatic rings. The summed E-state index contributed by atoms with van der Waals surface area (Å²) in [6.07, 6.45) is 1.18. The molecule has 0 aliphatic carbocycles. The number of ether oxygens (including phenoxy) is 1. The Morgan fingerprint density at radius 3 is 2.41 bits per heavy atom. The normalized spacial score (nSPS) is 11.4. The third kappa shape index (κ3) is 8.17. The second-order valence-electron chi connectivity index (χ2n) is 5.93. The van der Waals surface area contributed by atoms with Crippen LogP contribution >= 0.6 is 24.0 Å². The van der Waals surface area contributed by atoms with E-state index in [4.69, 9.17) is 4.74 Å². The number of aryl methyl sites for hydroxylation is 1. The summed E-state index contributed by atoms with van der Waals surface area (Å²) in [5.41, 5.74) is 2.41. The van der Waals surface area contributed by atoms with Crippen molar-refractivity contribution in [1.82, 2.24) is 10.6 Å². The maximum absolute atomic E-state index is 11.4. The molecule has 0 unspecified atom stereocenters. The Labute approximate surface area is 178 Å². The summed E-state index contributed by atoms with van der Waals surface area (Å²) in [6, 6.07) is 14.7. The van der Waals surface area contributed by atoms with Crippen LogP contribution in [0.15, 0.2) is 58.4 Å². The SMILES string of the molecule is CN=C(NCCOc1ccc(S(C)(=O)=O)cc1)NCc1cccc(C)c1.I. The summed E-state index contributed by atoms with van der Waals surface area (Å²) in [6.45, 7) is 3.76. The van der Waals surface area contributed by atoms with E-state index in [2.05, 4.69) is 40.7 Å². The van der Waals surface area contributed by atoms with Gasteiger partial charge >= 0.3 is 0 Å². The fraction of sp³-hybridized carbons (Fsp3) is 0.316.